The molecule has 36 heavy (non-hydrogen) atoms. The van der Waals surface area contributed by atoms with Crippen LogP contribution >= 0.6 is 0 Å². The summed E-state index contributed by atoms with van der Waals surface area (Å²) < 4.78 is 12.5. The van der Waals surface area contributed by atoms with Crippen LogP contribution in [0, 0.1) is 11.8 Å². The van der Waals surface area contributed by atoms with Crippen molar-refractivity contribution in [2.75, 3.05) is 39.5 Å². The fraction of sp³-hybridized carbons (Fsp3) is 0.808. The van der Waals surface area contributed by atoms with Gasteiger partial charge in [0.2, 0.25) is 11.8 Å². The van der Waals surface area contributed by atoms with Gasteiger partial charge in [0, 0.05) is 51.0 Å². The SMILES string of the molecule is CC(C)CCCCNC(=O)COCCOCCNC(=O)CCCCn1cc(CCC(=O)C(C)C)nn1. The number of carbonyl (C=O) groups is 3. The lowest BCUT2D eigenvalue weighted by Crippen LogP contribution is -2.29. The summed E-state index contributed by atoms with van der Waals surface area (Å²) in [5.41, 5.74) is 0.822. The zero-order valence-corrected chi connectivity index (χ0v) is 22.7. The second-order valence-corrected chi connectivity index (χ2v) is 9.81. The van der Waals surface area contributed by atoms with E-state index in [0.717, 1.165) is 31.4 Å². The minimum atomic E-state index is -0.103. The molecular weight excluding hydrogens is 462 g/mol. The molecule has 0 saturated carbocycles. The molecule has 10 heteroatoms. The molecule has 0 saturated heterocycles. The quantitative estimate of drug-likeness (QED) is 0.230. The highest BCUT2D eigenvalue weighted by atomic mass is 16.5. The van der Waals surface area contributed by atoms with E-state index in [1.54, 1.807) is 4.68 Å². The fourth-order valence-electron chi connectivity index (χ4n) is 3.35. The van der Waals surface area contributed by atoms with E-state index in [1.807, 2.05) is 20.0 Å². The summed E-state index contributed by atoms with van der Waals surface area (Å²) in [5.74, 6) is 0.866. The summed E-state index contributed by atoms with van der Waals surface area (Å²) in [4.78, 5) is 35.3. The average Bonchev–Trinajstić information content (AvgIpc) is 3.29. The maximum atomic E-state index is 11.9. The van der Waals surface area contributed by atoms with E-state index in [1.165, 1.54) is 6.42 Å². The third-order valence-corrected chi connectivity index (χ3v) is 5.60. The molecule has 0 fully saturated rings. The highest BCUT2D eigenvalue weighted by Gasteiger charge is 2.09. The standard InChI is InChI=1S/C26H47N5O5/c1-21(2)9-5-7-13-27-26(34)20-36-18-17-35-16-14-28-25(33)10-6-8-15-31-19-23(29-30-31)11-12-24(32)22(3)4/h19,21-22H,5-18,20H2,1-4H3,(H,27,34)(H,28,33). The summed E-state index contributed by atoms with van der Waals surface area (Å²) in [5, 5.41) is 13.9. The number of nitrogens with zero attached hydrogens (tertiary/aromatic N) is 3. The molecule has 0 unspecified atom stereocenters. The van der Waals surface area contributed by atoms with Crippen LogP contribution in [0.3, 0.4) is 0 Å². The molecule has 2 amide bonds. The van der Waals surface area contributed by atoms with E-state index in [9.17, 15) is 14.4 Å². The molecule has 0 aromatic carbocycles. The maximum absolute atomic E-state index is 11.9. The number of Topliss-reactive ketones (excluding diaryl/α,β-unsaturated/α-hetero) is 1. The Morgan fingerprint density at radius 1 is 0.889 bits per heavy atom. The second-order valence-electron chi connectivity index (χ2n) is 9.81. The molecule has 0 aliphatic carbocycles. The molecule has 1 rings (SSSR count). The largest absolute Gasteiger partial charge is 0.377 e. The van der Waals surface area contributed by atoms with Gasteiger partial charge >= 0.3 is 0 Å². The van der Waals surface area contributed by atoms with Gasteiger partial charge in [-0.25, -0.2) is 0 Å². The number of aromatic nitrogens is 3. The zero-order chi connectivity index (χ0) is 26.6. The van der Waals surface area contributed by atoms with Gasteiger partial charge in [-0.15, -0.1) is 5.10 Å². The molecule has 0 atom stereocenters. The van der Waals surface area contributed by atoms with E-state index in [2.05, 4.69) is 34.8 Å². The van der Waals surface area contributed by atoms with E-state index in [-0.39, 0.29) is 30.1 Å². The third-order valence-electron chi connectivity index (χ3n) is 5.60. The van der Waals surface area contributed by atoms with Crippen LogP contribution in [-0.2, 0) is 36.8 Å². The highest BCUT2D eigenvalue weighted by Crippen LogP contribution is 2.06. The van der Waals surface area contributed by atoms with Crippen LogP contribution in [0.2, 0.25) is 0 Å². The van der Waals surface area contributed by atoms with Gasteiger partial charge < -0.3 is 20.1 Å². The van der Waals surface area contributed by atoms with Gasteiger partial charge in [0.05, 0.1) is 25.5 Å². The van der Waals surface area contributed by atoms with Crippen molar-refractivity contribution < 1.29 is 23.9 Å². The lowest BCUT2D eigenvalue weighted by atomic mass is 10.0. The van der Waals surface area contributed by atoms with Crippen molar-refractivity contribution in [1.82, 2.24) is 25.6 Å². The van der Waals surface area contributed by atoms with E-state index >= 15 is 0 Å². The number of carbonyl (C=O) groups excluding carboxylic acids is 3. The van der Waals surface area contributed by atoms with Crippen LogP contribution in [0.1, 0.15) is 78.3 Å². The second kappa shape index (κ2) is 19.8. The smallest absolute Gasteiger partial charge is 0.245 e. The average molecular weight is 510 g/mol. The minimum absolute atomic E-state index is 0.00797. The van der Waals surface area contributed by atoms with Crippen molar-refractivity contribution in [3.63, 3.8) is 0 Å². The molecule has 206 valence electrons. The number of unbranched alkanes of at least 4 members (excludes halogenated alkanes) is 2. The molecule has 2 N–H and O–H groups in total. The predicted molar refractivity (Wildman–Crippen MR) is 138 cm³/mol. The third kappa shape index (κ3) is 17.2. The molecule has 0 aliphatic rings. The Morgan fingerprint density at radius 2 is 1.64 bits per heavy atom. The molecule has 0 aliphatic heterocycles. The summed E-state index contributed by atoms with van der Waals surface area (Å²) in [6.45, 7) is 11.2. The Labute approximate surface area is 216 Å². The first-order valence-corrected chi connectivity index (χ1v) is 13.4. The first-order valence-electron chi connectivity index (χ1n) is 13.4. The Hall–Kier alpha value is -2.33. The first-order chi connectivity index (χ1) is 17.3. The van der Waals surface area contributed by atoms with Gasteiger partial charge in [-0.2, -0.15) is 0 Å². The van der Waals surface area contributed by atoms with Crippen LogP contribution in [-0.4, -0.2) is 72.1 Å². The minimum Gasteiger partial charge on any atom is -0.377 e. The van der Waals surface area contributed by atoms with Crippen LogP contribution < -0.4 is 10.6 Å². The number of nitrogens with one attached hydrogen (secondary N) is 2. The highest BCUT2D eigenvalue weighted by molar-refractivity contribution is 5.80. The lowest BCUT2D eigenvalue weighted by molar-refractivity contribution is -0.126. The van der Waals surface area contributed by atoms with Crippen molar-refractivity contribution in [3.05, 3.63) is 11.9 Å². The zero-order valence-electron chi connectivity index (χ0n) is 22.7. The van der Waals surface area contributed by atoms with Gasteiger partial charge in [-0.3, -0.25) is 19.1 Å². The Morgan fingerprint density at radius 3 is 2.39 bits per heavy atom. The molecule has 10 nitrogen and oxygen atoms in total. The Balaban J connectivity index is 1.92. The Bertz CT molecular complexity index is 751. The fourth-order valence-corrected chi connectivity index (χ4v) is 3.35. The lowest BCUT2D eigenvalue weighted by Gasteiger charge is -2.08. The molecule has 0 radical (unpaired) electrons. The number of ketones is 1. The molecule has 1 aromatic rings. The number of hydrogen-bond acceptors (Lipinski definition) is 7. The van der Waals surface area contributed by atoms with Crippen molar-refractivity contribution in [3.8, 4) is 0 Å². The normalized spacial score (nSPS) is 11.3. The molecule has 1 heterocycles. The summed E-state index contributed by atoms with van der Waals surface area (Å²) in [7, 11) is 0. The van der Waals surface area contributed by atoms with Gasteiger partial charge in [-0.05, 0) is 25.2 Å². The summed E-state index contributed by atoms with van der Waals surface area (Å²) in [6.07, 6.45) is 8.28. The predicted octanol–water partition coefficient (Wildman–Crippen LogP) is 2.70. The molecule has 0 bridgehead atoms. The van der Waals surface area contributed by atoms with Crippen molar-refractivity contribution in [2.45, 2.75) is 85.6 Å². The number of aryl methyl sites for hydroxylation is 2. The first kappa shape index (κ1) is 31.7. The Kier molecular flexibility index (Phi) is 17.4. The monoisotopic (exact) mass is 509 g/mol. The van der Waals surface area contributed by atoms with Gasteiger partial charge in [0.1, 0.15) is 12.4 Å². The van der Waals surface area contributed by atoms with Crippen molar-refractivity contribution >= 4 is 17.6 Å². The number of rotatable bonds is 22. The van der Waals surface area contributed by atoms with Crippen LogP contribution in [0.15, 0.2) is 6.20 Å². The molecule has 0 spiro atoms. The molecule has 1 aromatic heterocycles. The molecular formula is C26H47N5O5. The van der Waals surface area contributed by atoms with Crippen LogP contribution in [0.4, 0.5) is 0 Å². The summed E-state index contributed by atoms with van der Waals surface area (Å²) in [6, 6.07) is 0. The number of ether oxygens (including phenoxy) is 2. The van der Waals surface area contributed by atoms with Gasteiger partial charge in [0.15, 0.2) is 0 Å². The van der Waals surface area contributed by atoms with E-state index < -0.39 is 0 Å². The maximum Gasteiger partial charge on any atom is 0.245 e. The van der Waals surface area contributed by atoms with Crippen LogP contribution in [0.5, 0.6) is 0 Å². The topological polar surface area (TPSA) is 124 Å². The van der Waals surface area contributed by atoms with Gasteiger partial charge in [0.25, 0.3) is 0 Å². The van der Waals surface area contributed by atoms with E-state index in [0.29, 0.717) is 64.6 Å². The van der Waals surface area contributed by atoms with Crippen molar-refractivity contribution in [2.24, 2.45) is 11.8 Å². The van der Waals surface area contributed by atoms with E-state index in [4.69, 9.17) is 9.47 Å². The number of amides is 2. The van der Waals surface area contributed by atoms with Gasteiger partial charge in [-0.1, -0.05) is 45.7 Å². The number of hydrogen-bond donors (Lipinski definition) is 2. The van der Waals surface area contributed by atoms with Crippen molar-refractivity contribution in [1.29, 1.82) is 0 Å². The van der Waals surface area contributed by atoms with Crippen LogP contribution in [0.25, 0.3) is 0 Å². The summed E-state index contributed by atoms with van der Waals surface area (Å²) >= 11 is 0.